The van der Waals surface area contributed by atoms with Crippen molar-refractivity contribution in [3.8, 4) is 17.2 Å². The lowest BCUT2D eigenvalue weighted by Crippen LogP contribution is -2.32. The first-order valence-corrected chi connectivity index (χ1v) is 7.90. The Balaban J connectivity index is 1.43. The molecule has 8 heteroatoms. The number of hydrogen-bond acceptors (Lipinski definition) is 4. The third-order valence-corrected chi connectivity index (χ3v) is 3.74. The fraction of sp³-hybridized carbons (Fsp3) is 0.188. The van der Waals surface area contributed by atoms with Crippen molar-refractivity contribution < 1.29 is 19.0 Å². The topological polar surface area (TPSA) is 68.8 Å². The summed E-state index contributed by atoms with van der Waals surface area (Å²) >= 11 is 11.8. The second kappa shape index (κ2) is 7.51. The van der Waals surface area contributed by atoms with Gasteiger partial charge in [-0.3, -0.25) is 0 Å². The van der Waals surface area contributed by atoms with Gasteiger partial charge in [0, 0.05) is 11.1 Å². The number of fused-ring (bicyclic) bond motifs is 1. The zero-order chi connectivity index (χ0) is 16.9. The highest BCUT2D eigenvalue weighted by molar-refractivity contribution is 6.35. The molecular formula is C16H14Cl2N2O4. The maximum absolute atomic E-state index is 11.8. The maximum Gasteiger partial charge on any atom is 0.319 e. The standard InChI is InChI=1S/C16H14Cl2N2O4/c17-10-1-3-12(18)13(7-10)20-16(21)19-5-6-22-11-2-4-14-15(8-11)24-9-23-14/h1-4,7-8H,5-6,9H2,(H2,19,20,21). The number of hydrogen-bond donors (Lipinski definition) is 2. The zero-order valence-electron chi connectivity index (χ0n) is 12.5. The number of ether oxygens (including phenoxy) is 3. The van der Waals surface area contributed by atoms with Crippen LogP contribution in [0.1, 0.15) is 0 Å². The number of urea groups is 1. The molecule has 1 aliphatic heterocycles. The number of carbonyl (C=O) groups is 1. The van der Waals surface area contributed by atoms with Crippen LogP contribution in [0.25, 0.3) is 0 Å². The Morgan fingerprint density at radius 3 is 2.83 bits per heavy atom. The van der Waals surface area contributed by atoms with Crippen molar-refractivity contribution in [2.45, 2.75) is 0 Å². The van der Waals surface area contributed by atoms with Gasteiger partial charge < -0.3 is 24.8 Å². The normalized spacial score (nSPS) is 11.9. The summed E-state index contributed by atoms with van der Waals surface area (Å²) in [6.45, 7) is 0.835. The predicted molar refractivity (Wildman–Crippen MR) is 91.5 cm³/mol. The van der Waals surface area contributed by atoms with Crippen molar-refractivity contribution in [2.75, 3.05) is 25.3 Å². The summed E-state index contributed by atoms with van der Waals surface area (Å²) in [5.74, 6) is 1.98. The number of nitrogens with one attached hydrogen (secondary N) is 2. The summed E-state index contributed by atoms with van der Waals surface area (Å²) in [5, 5.41) is 6.19. The van der Waals surface area contributed by atoms with Crippen molar-refractivity contribution in [3.05, 3.63) is 46.4 Å². The van der Waals surface area contributed by atoms with E-state index < -0.39 is 6.03 Å². The van der Waals surface area contributed by atoms with E-state index in [-0.39, 0.29) is 6.79 Å². The molecule has 0 fully saturated rings. The summed E-state index contributed by atoms with van der Waals surface area (Å²) in [7, 11) is 0. The summed E-state index contributed by atoms with van der Waals surface area (Å²) in [5.41, 5.74) is 0.443. The van der Waals surface area contributed by atoms with Crippen LogP contribution < -0.4 is 24.8 Å². The van der Waals surface area contributed by atoms with Crippen LogP contribution >= 0.6 is 23.2 Å². The molecule has 24 heavy (non-hydrogen) atoms. The average molecular weight is 369 g/mol. The summed E-state index contributed by atoms with van der Waals surface area (Å²) < 4.78 is 16.0. The van der Waals surface area contributed by atoms with E-state index in [4.69, 9.17) is 37.4 Å². The van der Waals surface area contributed by atoms with Gasteiger partial charge in [-0.25, -0.2) is 4.79 Å². The maximum atomic E-state index is 11.8. The van der Waals surface area contributed by atoms with Gasteiger partial charge in [-0.05, 0) is 30.3 Å². The van der Waals surface area contributed by atoms with E-state index in [2.05, 4.69) is 10.6 Å². The second-order valence-electron chi connectivity index (χ2n) is 4.87. The van der Waals surface area contributed by atoms with Crippen LogP contribution in [0.4, 0.5) is 10.5 Å². The van der Waals surface area contributed by atoms with E-state index in [1.165, 1.54) is 0 Å². The fourth-order valence-corrected chi connectivity index (χ4v) is 2.40. The van der Waals surface area contributed by atoms with E-state index >= 15 is 0 Å². The third-order valence-electron chi connectivity index (χ3n) is 3.18. The number of amides is 2. The SMILES string of the molecule is O=C(NCCOc1ccc2c(c1)OCO2)Nc1cc(Cl)ccc1Cl. The molecule has 0 aromatic heterocycles. The Bertz CT molecular complexity index is 755. The van der Waals surface area contributed by atoms with E-state index in [9.17, 15) is 4.79 Å². The average Bonchev–Trinajstić information content (AvgIpc) is 3.03. The molecule has 126 valence electrons. The molecule has 1 aliphatic rings. The third kappa shape index (κ3) is 4.15. The molecule has 0 atom stereocenters. The first-order chi connectivity index (χ1) is 11.6. The number of halogens is 2. The lowest BCUT2D eigenvalue weighted by atomic mass is 10.3. The van der Waals surface area contributed by atoms with Crippen LogP contribution in [0.5, 0.6) is 17.2 Å². The Hall–Kier alpha value is -2.31. The highest BCUT2D eigenvalue weighted by atomic mass is 35.5. The largest absolute Gasteiger partial charge is 0.492 e. The first-order valence-electron chi connectivity index (χ1n) is 7.14. The lowest BCUT2D eigenvalue weighted by Gasteiger charge is -2.10. The van der Waals surface area contributed by atoms with Crippen molar-refractivity contribution >= 4 is 34.9 Å². The number of benzene rings is 2. The van der Waals surface area contributed by atoms with Crippen molar-refractivity contribution in [2.24, 2.45) is 0 Å². The minimum atomic E-state index is -0.395. The first kappa shape index (κ1) is 16.5. The van der Waals surface area contributed by atoms with Crippen LogP contribution in [0.2, 0.25) is 10.0 Å². The van der Waals surface area contributed by atoms with Crippen molar-refractivity contribution in [1.82, 2.24) is 5.32 Å². The van der Waals surface area contributed by atoms with Gasteiger partial charge >= 0.3 is 6.03 Å². The minimum Gasteiger partial charge on any atom is -0.492 e. The lowest BCUT2D eigenvalue weighted by molar-refractivity contribution is 0.173. The zero-order valence-corrected chi connectivity index (χ0v) is 14.0. The van der Waals surface area contributed by atoms with Crippen LogP contribution in [0.15, 0.2) is 36.4 Å². The van der Waals surface area contributed by atoms with Gasteiger partial charge in [0.15, 0.2) is 11.5 Å². The predicted octanol–water partition coefficient (Wildman–Crippen LogP) is 3.92. The van der Waals surface area contributed by atoms with E-state index in [1.807, 2.05) is 0 Å². The summed E-state index contributed by atoms with van der Waals surface area (Å²) in [6, 6.07) is 9.74. The molecule has 0 bridgehead atoms. The van der Waals surface area contributed by atoms with Gasteiger partial charge in [0.1, 0.15) is 12.4 Å². The smallest absolute Gasteiger partial charge is 0.319 e. The molecule has 0 aliphatic carbocycles. The summed E-state index contributed by atoms with van der Waals surface area (Å²) in [4.78, 5) is 11.8. The Morgan fingerprint density at radius 2 is 1.96 bits per heavy atom. The van der Waals surface area contributed by atoms with Crippen LogP contribution in [0.3, 0.4) is 0 Å². The minimum absolute atomic E-state index is 0.215. The van der Waals surface area contributed by atoms with Gasteiger partial charge in [0.25, 0.3) is 0 Å². The molecule has 2 N–H and O–H groups in total. The Kier molecular flexibility index (Phi) is 5.17. The fourth-order valence-electron chi connectivity index (χ4n) is 2.06. The highest BCUT2D eigenvalue weighted by Gasteiger charge is 2.13. The molecule has 2 amide bonds. The molecule has 0 unspecified atom stereocenters. The monoisotopic (exact) mass is 368 g/mol. The highest BCUT2D eigenvalue weighted by Crippen LogP contribution is 2.35. The quantitative estimate of drug-likeness (QED) is 0.784. The molecule has 2 aromatic rings. The van der Waals surface area contributed by atoms with Gasteiger partial charge in [0.05, 0.1) is 17.3 Å². The van der Waals surface area contributed by atoms with Gasteiger partial charge in [0.2, 0.25) is 6.79 Å². The Morgan fingerprint density at radius 1 is 1.12 bits per heavy atom. The van der Waals surface area contributed by atoms with Crippen molar-refractivity contribution in [3.63, 3.8) is 0 Å². The van der Waals surface area contributed by atoms with Gasteiger partial charge in [-0.1, -0.05) is 23.2 Å². The number of carbonyl (C=O) groups excluding carboxylic acids is 1. The molecule has 0 radical (unpaired) electrons. The molecular weight excluding hydrogens is 355 g/mol. The van der Waals surface area contributed by atoms with Gasteiger partial charge in [-0.15, -0.1) is 0 Å². The van der Waals surface area contributed by atoms with Crippen LogP contribution in [-0.4, -0.2) is 26.0 Å². The number of rotatable bonds is 5. The van der Waals surface area contributed by atoms with Crippen LogP contribution in [-0.2, 0) is 0 Å². The second-order valence-corrected chi connectivity index (χ2v) is 5.71. The molecule has 3 rings (SSSR count). The van der Waals surface area contributed by atoms with Crippen molar-refractivity contribution in [1.29, 1.82) is 0 Å². The molecule has 2 aromatic carbocycles. The van der Waals surface area contributed by atoms with Gasteiger partial charge in [-0.2, -0.15) is 0 Å². The molecule has 6 nitrogen and oxygen atoms in total. The Labute approximate surface area is 148 Å². The van der Waals surface area contributed by atoms with E-state index in [1.54, 1.807) is 36.4 Å². The molecule has 0 saturated carbocycles. The van der Waals surface area contributed by atoms with E-state index in [0.29, 0.717) is 46.1 Å². The van der Waals surface area contributed by atoms with E-state index in [0.717, 1.165) is 0 Å². The van der Waals surface area contributed by atoms with Crippen LogP contribution in [0, 0.1) is 0 Å². The molecule has 0 saturated heterocycles. The summed E-state index contributed by atoms with van der Waals surface area (Å²) in [6.07, 6.45) is 0. The molecule has 0 spiro atoms. The molecule has 1 heterocycles. The number of anilines is 1.